The SMILES string of the molecule is Cc1cc(C)n(-c2ccc(-c3nc(CCCc4nc(C)no4)n(C4CCC4)n3)nc2)n1. The zero-order valence-electron chi connectivity index (χ0n) is 18.1. The van der Waals surface area contributed by atoms with Crippen molar-refractivity contribution in [1.82, 2.24) is 39.7 Å². The van der Waals surface area contributed by atoms with E-state index in [1.807, 2.05) is 43.8 Å². The molecule has 0 aromatic carbocycles. The average molecular weight is 419 g/mol. The second-order valence-electron chi connectivity index (χ2n) is 8.21. The van der Waals surface area contributed by atoms with Crippen LogP contribution < -0.4 is 0 Å². The van der Waals surface area contributed by atoms with E-state index < -0.39 is 0 Å². The smallest absolute Gasteiger partial charge is 0.226 e. The lowest BCUT2D eigenvalue weighted by atomic mass is 9.93. The molecule has 4 heterocycles. The van der Waals surface area contributed by atoms with E-state index in [-0.39, 0.29) is 0 Å². The van der Waals surface area contributed by atoms with E-state index in [4.69, 9.17) is 14.6 Å². The van der Waals surface area contributed by atoms with Crippen LogP contribution in [0.3, 0.4) is 0 Å². The van der Waals surface area contributed by atoms with Crippen molar-refractivity contribution in [3.05, 3.63) is 53.3 Å². The van der Waals surface area contributed by atoms with Gasteiger partial charge in [0.15, 0.2) is 11.6 Å². The molecule has 1 saturated carbocycles. The summed E-state index contributed by atoms with van der Waals surface area (Å²) in [5, 5.41) is 13.2. The molecule has 0 saturated heterocycles. The van der Waals surface area contributed by atoms with Crippen molar-refractivity contribution in [2.45, 2.75) is 65.3 Å². The fourth-order valence-electron chi connectivity index (χ4n) is 3.93. The fourth-order valence-corrected chi connectivity index (χ4v) is 3.93. The molecule has 4 aromatic rings. The lowest BCUT2D eigenvalue weighted by molar-refractivity contribution is 0.280. The molecule has 1 aliphatic carbocycles. The minimum Gasteiger partial charge on any atom is -0.339 e. The Balaban J connectivity index is 1.35. The first-order valence-electron chi connectivity index (χ1n) is 10.8. The van der Waals surface area contributed by atoms with Gasteiger partial charge in [0.05, 0.1) is 23.6 Å². The van der Waals surface area contributed by atoms with Crippen LogP contribution in [0, 0.1) is 20.8 Å². The van der Waals surface area contributed by atoms with Crippen LogP contribution in [-0.2, 0) is 12.8 Å². The second-order valence-corrected chi connectivity index (χ2v) is 8.21. The summed E-state index contributed by atoms with van der Waals surface area (Å²) in [7, 11) is 0. The predicted octanol–water partition coefficient (Wildman–Crippen LogP) is 3.73. The van der Waals surface area contributed by atoms with Crippen LogP contribution >= 0.6 is 0 Å². The molecule has 0 amide bonds. The van der Waals surface area contributed by atoms with Gasteiger partial charge in [-0.1, -0.05) is 5.16 Å². The molecule has 0 bridgehead atoms. The Morgan fingerprint density at radius 1 is 1.06 bits per heavy atom. The molecule has 9 heteroatoms. The fraction of sp³-hybridized carbons (Fsp3) is 0.455. The first-order valence-corrected chi connectivity index (χ1v) is 10.8. The Bertz CT molecular complexity index is 1180. The van der Waals surface area contributed by atoms with Gasteiger partial charge < -0.3 is 4.52 Å². The number of aromatic nitrogens is 8. The third kappa shape index (κ3) is 3.99. The molecular weight excluding hydrogens is 392 g/mol. The van der Waals surface area contributed by atoms with E-state index in [2.05, 4.69) is 31.0 Å². The van der Waals surface area contributed by atoms with Gasteiger partial charge in [-0.25, -0.2) is 14.3 Å². The van der Waals surface area contributed by atoms with Crippen molar-refractivity contribution >= 4 is 0 Å². The lowest BCUT2D eigenvalue weighted by Crippen LogP contribution is -2.20. The number of pyridine rings is 1. The highest BCUT2D eigenvalue weighted by Crippen LogP contribution is 2.33. The third-order valence-corrected chi connectivity index (χ3v) is 5.71. The van der Waals surface area contributed by atoms with Gasteiger partial charge >= 0.3 is 0 Å². The van der Waals surface area contributed by atoms with Gasteiger partial charge in [0, 0.05) is 18.5 Å². The summed E-state index contributed by atoms with van der Waals surface area (Å²) in [6, 6.07) is 6.48. The van der Waals surface area contributed by atoms with E-state index in [0.717, 1.165) is 60.7 Å². The van der Waals surface area contributed by atoms with Crippen molar-refractivity contribution in [3.8, 4) is 17.2 Å². The van der Waals surface area contributed by atoms with Gasteiger partial charge in [-0.05, 0) is 64.7 Å². The predicted molar refractivity (Wildman–Crippen MR) is 114 cm³/mol. The van der Waals surface area contributed by atoms with Gasteiger partial charge in [-0.2, -0.15) is 10.1 Å². The maximum Gasteiger partial charge on any atom is 0.226 e. The highest BCUT2D eigenvalue weighted by molar-refractivity contribution is 5.50. The molecular formula is C22H26N8O. The van der Waals surface area contributed by atoms with Crippen molar-refractivity contribution in [2.24, 2.45) is 0 Å². The van der Waals surface area contributed by atoms with Crippen LogP contribution in [0.25, 0.3) is 17.2 Å². The van der Waals surface area contributed by atoms with Crippen LogP contribution in [0.15, 0.2) is 28.9 Å². The van der Waals surface area contributed by atoms with E-state index >= 15 is 0 Å². The molecule has 4 aromatic heterocycles. The summed E-state index contributed by atoms with van der Waals surface area (Å²) >= 11 is 0. The summed E-state index contributed by atoms with van der Waals surface area (Å²) in [5.74, 6) is 3.02. The van der Waals surface area contributed by atoms with Crippen molar-refractivity contribution in [3.63, 3.8) is 0 Å². The largest absolute Gasteiger partial charge is 0.339 e. The van der Waals surface area contributed by atoms with E-state index in [0.29, 0.717) is 23.6 Å². The zero-order valence-corrected chi connectivity index (χ0v) is 18.1. The maximum absolute atomic E-state index is 5.22. The van der Waals surface area contributed by atoms with Gasteiger partial charge in [-0.15, -0.1) is 5.10 Å². The summed E-state index contributed by atoms with van der Waals surface area (Å²) in [4.78, 5) is 13.8. The standard InChI is InChI=1S/C22H26N8O/c1-14-12-15(2)29(26-14)18-10-11-19(23-13-18)22-25-20(30(27-22)17-6-4-7-17)8-5-9-21-24-16(3)28-31-21/h10-13,17H,4-9H2,1-3H3. The number of aryl methyl sites for hydroxylation is 5. The molecule has 160 valence electrons. The molecule has 31 heavy (non-hydrogen) atoms. The Hall–Kier alpha value is -3.36. The van der Waals surface area contributed by atoms with Gasteiger partial charge in [0.25, 0.3) is 0 Å². The Labute approximate surface area is 180 Å². The van der Waals surface area contributed by atoms with E-state index in [9.17, 15) is 0 Å². The van der Waals surface area contributed by atoms with E-state index in [1.165, 1.54) is 6.42 Å². The maximum atomic E-state index is 5.22. The molecule has 0 N–H and O–H groups in total. The monoisotopic (exact) mass is 418 g/mol. The third-order valence-electron chi connectivity index (χ3n) is 5.71. The molecule has 0 radical (unpaired) electrons. The van der Waals surface area contributed by atoms with Crippen LogP contribution in [-0.4, -0.2) is 39.7 Å². The lowest BCUT2D eigenvalue weighted by Gasteiger charge is -2.26. The zero-order chi connectivity index (χ0) is 21.4. The summed E-state index contributed by atoms with van der Waals surface area (Å²) in [5.41, 5.74) is 3.78. The topological polar surface area (TPSA) is 100 Å². The average Bonchev–Trinajstić information content (AvgIpc) is 3.40. The molecule has 9 nitrogen and oxygen atoms in total. The molecule has 0 aliphatic heterocycles. The van der Waals surface area contributed by atoms with Gasteiger partial charge in [0.2, 0.25) is 5.89 Å². The molecule has 0 spiro atoms. The summed E-state index contributed by atoms with van der Waals surface area (Å²) < 4.78 is 9.23. The highest BCUT2D eigenvalue weighted by atomic mass is 16.5. The summed E-state index contributed by atoms with van der Waals surface area (Å²) in [6.45, 7) is 5.86. The molecule has 5 rings (SSSR count). The Morgan fingerprint density at radius 2 is 1.94 bits per heavy atom. The normalized spacial score (nSPS) is 14.2. The van der Waals surface area contributed by atoms with E-state index in [1.54, 1.807) is 0 Å². The second kappa shape index (κ2) is 8.05. The number of rotatable bonds is 7. The first kappa shape index (κ1) is 19.6. The Kier molecular flexibility index (Phi) is 5.09. The van der Waals surface area contributed by atoms with Crippen LogP contribution in [0.2, 0.25) is 0 Å². The highest BCUT2D eigenvalue weighted by Gasteiger charge is 2.25. The van der Waals surface area contributed by atoms with Crippen LogP contribution in [0.1, 0.15) is 60.7 Å². The Morgan fingerprint density at radius 3 is 2.55 bits per heavy atom. The molecule has 0 unspecified atom stereocenters. The van der Waals surface area contributed by atoms with Crippen molar-refractivity contribution < 1.29 is 4.52 Å². The van der Waals surface area contributed by atoms with Crippen molar-refractivity contribution in [1.29, 1.82) is 0 Å². The first-order chi connectivity index (χ1) is 15.1. The molecule has 0 atom stereocenters. The molecule has 1 fully saturated rings. The van der Waals surface area contributed by atoms with Crippen LogP contribution in [0.5, 0.6) is 0 Å². The minimum absolute atomic E-state index is 0.441. The number of hydrogen-bond donors (Lipinski definition) is 0. The number of hydrogen-bond acceptors (Lipinski definition) is 7. The van der Waals surface area contributed by atoms with Crippen LogP contribution in [0.4, 0.5) is 0 Å². The summed E-state index contributed by atoms with van der Waals surface area (Å²) in [6.07, 6.45) is 7.83. The van der Waals surface area contributed by atoms with Gasteiger partial charge in [0.1, 0.15) is 11.5 Å². The molecule has 1 aliphatic rings. The van der Waals surface area contributed by atoms with Crippen molar-refractivity contribution in [2.75, 3.05) is 0 Å². The minimum atomic E-state index is 0.441. The van der Waals surface area contributed by atoms with Gasteiger partial charge in [-0.3, -0.25) is 4.98 Å². The number of nitrogens with zero attached hydrogens (tertiary/aromatic N) is 8. The quantitative estimate of drug-likeness (QED) is 0.451.